The molecule has 30 heavy (non-hydrogen) atoms. The topological polar surface area (TPSA) is 52.5 Å². The molecule has 4 heterocycles. The van der Waals surface area contributed by atoms with E-state index in [2.05, 4.69) is 41.0 Å². The summed E-state index contributed by atoms with van der Waals surface area (Å²) in [5.41, 5.74) is 2.20. The number of aliphatic hydroxyl groups excluding tert-OH is 1. The van der Waals surface area contributed by atoms with Crippen molar-refractivity contribution in [2.24, 2.45) is 0 Å². The van der Waals surface area contributed by atoms with Crippen LogP contribution in [-0.2, 0) is 0 Å². The van der Waals surface area contributed by atoms with E-state index < -0.39 is 0 Å². The third-order valence-corrected chi connectivity index (χ3v) is 6.76. The number of hydrogen-bond donors (Lipinski definition) is 1. The summed E-state index contributed by atoms with van der Waals surface area (Å²) in [5, 5.41) is 10.3. The van der Waals surface area contributed by atoms with Crippen molar-refractivity contribution in [1.82, 2.24) is 19.8 Å². The fourth-order valence-electron chi connectivity index (χ4n) is 5.71. The number of aliphatic hydroxyl groups is 1. The highest BCUT2D eigenvalue weighted by Crippen LogP contribution is 2.47. The number of pyridine rings is 2. The van der Waals surface area contributed by atoms with Crippen molar-refractivity contribution in [3.63, 3.8) is 0 Å². The third-order valence-electron chi connectivity index (χ3n) is 6.76. The minimum absolute atomic E-state index is 0.0665. The van der Waals surface area contributed by atoms with E-state index >= 15 is 0 Å². The summed E-state index contributed by atoms with van der Waals surface area (Å²) >= 11 is 0. The maximum Gasteiger partial charge on any atom is 0.0740 e. The molecule has 0 amide bonds. The standard InChI is InChI=1S/C25H36N4O/c1-3-17-28(18-19(2)30)24(22-11-4-6-15-26-22)25(23-12-5-7-16-27-23)29-20-9-8-10-21(29)14-13-20/h4-7,11-12,15-16,19-21,24-25,30H,3,8-10,13-14,17-18H2,1-2H3/t19-,20?,21?,24+,25+/m0/s1. The second-order valence-electron chi connectivity index (χ2n) is 9.01. The van der Waals surface area contributed by atoms with Crippen LogP contribution >= 0.6 is 0 Å². The van der Waals surface area contributed by atoms with Crippen LogP contribution in [0.3, 0.4) is 0 Å². The quantitative estimate of drug-likeness (QED) is 0.668. The van der Waals surface area contributed by atoms with Gasteiger partial charge in [0.05, 0.1) is 29.6 Å². The summed E-state index contributed by atoms with van der Waals surface area (Å²) in [6.07, 6.45) is 10.9. The van der Waals surface area contributed by atoms with Crippen molar-refractivity contribution in [2.45, 2.75) is 82.6 Å². The van der Waals surface area contributed by atoms with Gasteiger partial charge >= 0.3 is 0 Å². The van der Waals surface area contributed by atoms with Gasteiger partial charge in [0.15, 0.2) is 0 Å². The highest BCUT2D eigenvalue weighted by Gasteiger charge is 2.46. The lowest BCUT2D eigenvalue weighted by Gasteiger charge is -2.47. The van der Waals surface area contributed by atoms with Crippen LogP contribution in [0.25, 0.3) is 0 Å². The predicted octanol–water partition coefficient (Wildman–Crippen LogP) is 4.37. The van der Waals surface area contributed by atoms with Gasteiger partial charge in [0, 0.05) is 31.0 Å². The van der Waals surface area contributed by atoms with Crippen LogP contribution in [0.4, 0.5) is 0 Å². The van der Waals surface area contributed by atoms with Crippen LogP contribution in [0.5, 0.6) is 0 Å². The van der Waals surface area contributed by atoms with Crippen molar-refractivity contribution in [3.05, 3.63) is 60.2 Å². The van der Waals surface area contributed by atoms with E-state index in [1.54, 1.807) is 0 Å². The molecule has 4 rings (SSSR count). The monoisotopic (exact) mass is 408 g/mol. The van der Waals surface area contributed by atoms with Gasteiger partial charge in [0.1, 0.15) is 0 Å². The molecule has 5 nitrogen and oxygen atoms in total. The summed E-state index contributed by atoms with van der Waals surface area (Å²) in [6, 6.07) is 14.0. The van der Waals surface area contributed by atoms with E-state index in [0.29, 0.717) is 18.6 Å². The number of hydrogen-bond acceptors (Lipinski definition) is 5. The Morgan fingerprint density at radius 1 is 1.00 bits per heavy atom. The van der Waals surface area contributed by atoms with E-state index in [0.717, 1.165) is 24.4 Å². The van der Waals surface area contributed by atoms with Gasteiger partial charge in [-0.2, -0.15) is 0 Å². The Hall–Kier alpha value is -1.82. The second kappa shape index (κ2) is 9.99. The SMILES string of the molecule is CCCN(C[C@H](C)O)[C@H](c1ccccn1)[C@@H](c1ccccn1)N1C2CCCC1CC2. The number of aromatic nitrogens is 2. The summed E-state index contributed by atoms with van der Waals surface area (Å²) < 4.78 is 0. The largest absolute Gasteiger partial charge is 0.392 e. The number of fused-ring (bicyclic) bond motifs is 2. The lowest BCUT2D eigenvalue weighted by atomic mass is 9.91. The van der Waals surface area contributed by atoms with Gasteiger partial charge < -0.3 is 5.11 Å². The van der Waals surface area contributed by atoms with Crippen molar-refractivity contribution in [2.75, 3.05) is 13.1 Å². The molecule has 2 bridgehead atoms. The molecule has 0 saturated carbocycles. The van der Waals surface area contributed by atoms with Crippen LogP contribution in [0.1, 0.15) is 75.8 Å². The molecule has 2 fully saturated rings. The zero-order valence-corrected chi connectivity index (χ0v) is 18.4. The first-order chi connectivity index (χ1) is 14.7. The van der Waals surface area contributed by atoms with Gasteiger partial charge in [0.2, 0.25) is 0 Å². The van der Waals surface area contributed by atoms with Gasteiger partial charge in [-0.05, 0) is 69.8 Å². The number of nitrogens with zero attached hydrogens (tertiary/aromatic N) is 4. The number of piperidine rings is 1. The van der Waals surface area contributed by atoms with Crippen molar-refractivity contribution < 1.29 is 5.11 Å². The molecule has 2 aromatic rings. The molecule has 0 aromatic carbocycles. The molecule has 0 radical (unpaired) electrons. The van der Waals surface area contributed by atoms with Crippen LogP contribution < -0.4 is 0 Å². The van der Waals surface area contributed by atoms with Gasteiger partial charge in [-0.15, -0.1) is 0 Å². The fourth-order valence-corrected chi connectivity index (χ4v) is 5.71. The normalized spacial score (nSPS) is 24.7. The Morgan fingerprint density at radius 2 is 1.63 bits per heavy atom. The molecule has 2 aliphatic rings. The summed E-state index contributed by atoms with van der Waals surface area (Å²) in [4.78, 5) is 14.9. The third kappa shape index (κ3) is 4.58. The highest BCUT2D eigenvalue weighted by atomic mass is 16.3. The second-order valence-corrected chi connectivity index (χ2v) is 9.01. The Kier molecular flexibility index (Phi) is 7.13. The Morgan fingerprint density at radius 3 is 2.17 bits per heavy atom. The van der Waals surface area contributed by atoms with E-state index in [9.17, 15) is 5.11 Å². The first-order valence-corrected chi connectivity index (χ1v) is 11.7. The zero-order valence-electron chi connectivity index (χ0n) is 18.4. The molecule has 0 aliphatic carbocycles. The molecular formula is C25H36N4O. The molecule has 5 atom stereocenters. The maximum atomic E-state index is 10.3. The van der Waals surface area contributed by atoms with E-state index in [4.69, 9.17) is 9.97 Å². The van der Waals surface area contributed by atoms with Gasteiger partial charge in [-0.25, -0.2) is 0 Å². The predicted molar refractivity (Wildman–Crippen MR) is 120 cm³/mol. The van der Waals surface area contributed by atoms with Crippen LogP contribution in [0, 0.1) is 0 Å². The van der Waals surface area contributed by atoms with Crippen LogP contribution in [0.2, 0.25) is 0 Å². The Bertz CT molecular complexity index is 753. The summed E-state index contributed by atoms with van der Waals surface area (Å²) in [7, 11) is 0. The molecule has 0 spiro atoms. The minimum Gasteiger partial charge on any atom is -0.392 e. The Balaban J connectivity index is 1.82. The smallest absolute Gasteiger partial charge is 0.0740 e. The van der Waals surface area contributed by atoms with E-state index in [-0.39, 0.29) is 18.2 Å². The minimum atomic E-state index is -0.384. The van der Waals surface area contributed by atoms with Crippen molar-refractivity contribution in [1.29, 1.82) is 0 Å². The van der Waals surface area contributed by atoms with E-state index in [1.807, 2.05) is 31.5 Å². The average Bonchev–Trinajstić information content (AvgIpc) is 2.99. The molecule has 1 N–H and O–H groups in total. The zero-order chi connectivity index (χ0) is 20.9. The van der Waals surface area contributed by atoms with Crippen molar-refractivity contribution in [3.8, 4) is 0 Å². The molecule has 2 aromatic heterocycles. The maximum absolute atomic E-state index is 10.3. The van der Waals surface area contributed by atoms with Crippen molar-refractivity contribution >= 4 is 0 Å². The van der Waals surface area contributed by atoms with Crippen LogP contribution in [0.15, 0.2) is 48.8 Å². The van der Waals surface area contributed by atoms with Crippen LogP contribution in [-0.4, -0.2) is 56.2 Å². The first kappa shape index (κ1) is 21.4. The molecule has 2 aliphatic heterocycles. The van der Waals surface area contributed by atoms with Gasteiger partial charge in [-0.1, -0.05) is 25.5 Å². The summed E-state index contributed by atoms with van der Waals surface area (Å²) in [6.45, 7) is 5.67. The molecule has 2 unspecified atom stereocenters. The molecule has 162 valence electrons. The molecule has 2 saturated heterocycles. The van der Waals surface area contributed by atoms with Gasteiger partial charge in [0.25, 0.3) is 0 Å². The molecule has 5 heteroatoms. The number of rotatable bonds is 9. The first-order valence-electron chi connectivity index (χ1n) is 11.7. The lowest BCUT2D eigenvalue weighted by Crippen LogP contribution is -2.49. The van der Waals surface area contributed by atoms with E-state index in [1.165, 1.54) is 32.1 Å². The highest BCUT2D eigenvalue weighted by molar-refractivity contribution is 5.21. The van der Waals surface area contributed by atoms with Gasteiger partial charge in [-0.3, -0.25) is 19.8 Å². The average molecular weight is 409 g/mol. The summed E-state index contributed by atoms with van der Waals surface area (Å²) in [5.74, 6) is 0. The Labute approximate surface area is 181 Å². The lowest BCUT2D eigenvalue weighted by molar-refractivity contribution is 0.00272. The fraction of sp³-hybridized carbons (Fsp3) is 0.600. The molecular weight excluding hydrogens is 372 g/mol.